The Kier molecular flexibility index (Phi) is 3.61. The predicted molar refractivity (Wildman–Crippen MR) is 76.7 cm³/mol. The Bertz CT molecular complexity index is 609. The zero-order valence-corrected chi connectivity index (χ0v) is 12.3. The first-order valence-corrected chi connectivity index (χ1v) is 7.17. The normalized spacial score (nSPS) is 15.3. The topological polar surface area (TPSA) is 9.23 Å². The van der Waals surface area contributed by atoms with Gasteiger partial charge in [-0.1, -0.05) is 40.2 Å². The first-order valence-electron chi connectivity index (χ1n) is 5.94. The van der Waals surface area contributed by atoms with E-state index in [4.69, 9.17) is 16.3 Å². The summed E-state index contributed by atoms with van der Waals surface area (Å²) >= 11 is 9.79. The minimum Gasteiger partial charge on any atom is -0.372 e. The van der Waals surface area contributed by atoms with Gasteiger partial charge in [0.2, 0.25) is 0 Å². The molecule has 1 nitrogen and oxygen atoms in total. The number of halogens is 3. The zero-order chi connectivity index (χ0) is 13.4. The molecule has 0 radical (unpaired) electrons. The predicted octanol–water partition coefficient (Wildman–Crippen LogP) is 4.95. The number of rotatable bonds is 2. The molecule has 1 aliphatic heterocycles. The fourth-order valence-electron chi connectivity index (χ4n) is 2.27. The molecule has 3 rings (SSSR count). The maximum atomic E-state index is 13.9. The first-order chi connectivity index (χ1) is 9.16. The van der Waals surface area contributed by atoms with E-state index in [-0.39, 0.29) is 5.82 Å². The van der Waals surface area contributed by atoms with E-state index in [1.807, 2.05) is 18.2 Å². The highest BCUT2D eigenvalue weighted by Gasteiger charge is 2.20. The molecule has 0 saturated heterocycles. The number of hydrogen-bond donors (Lipinski definition) is 0. The summed E-state index contributed by atoms with van der Waals surface area (Å²) in [7, 11) is 0. The molecule has 1 atom stereocenters. The summed E-state index contributed by atoms with van der Waals surface area (Å²) in [6.07, 6.45) is 0. The van der Waals surface area contributed by atoms with E-state index in [2.05, 4.69) is 15.9 Å². The SMILES string of the molecule is Fc1cccc(Br)c1C(Cl)c1ccc2c(c1)COC2. The van der Waals surface area contributed by atoms with E-state index in [0.29, 0.717) is 23.2 Å². The van der Waals surface area contributed by atoms with Crippen molar-refractivity contribution in [3.8, 4) is 0 Å². The summed E-state index contributed by atoms with van der Waals surface area (Å²) in [5, 5.41) is -0.513. The van der Waals surface area contributed by atoms with Crippen LogP contribution in [0.1, 0.15) is 27.6 Å². The van der Waals surface area contributed by atoms with Gasteiger partial charge in [0.05, 0.1) is 18.6 Å². The van der Waals surface area contributed by atoms with Crippen LogP contribution in [0.25, 0.3) is 0 Å². The molecule has 0 aromatic heterocycles. The highest BCUT2D eigenvalue weighted by molar-refractivity contribution is 9.10. The minimum atomic E-state index is -0.513. The summed E-state index contributed by atoms with van der Waals surface area (Å²) in [4.78, 5) is 0. The van der Waals surface area contributed by atoms with E-state index in [9.17, 15) is 4.39 Å². The van der Waals surface area contributed by atoms with Crippen LogP contribution in [0.3, 0.4) is 0 Å². The molecule has 4 heteroatoms. The fraction of sp³-hybridized carbons (Fsp3) is 0.200. The molecule has 0 fully saturated rings. The van der Waals surface area contributed by atoms with Gasteiger partial charge < -0.3 is 4.74 Å². The smallest absolute Gasteiger partial charge is 0.129 e. The van der Waals surface area contributed by atoms with Crippen molar-refractivity contribution in [2.24, 2.45) is 0 Å². The van der Waals surface area contributed by atoms with Gasteiger partial charge in [0, 0.05) is 10.0 Å². The number of alkyl halides is 1. The van der Waals surface area contributed by atoms with Gasteiger partial charge in [-0.15, -0.1) is 11.6 Å². The Morgan fingerprint density at radius 2 is 1.95 bits per heavy atom. The first kappa shape index (κ1) is 13.1. The van der Waals surface area contributed by atoms with Gasteiger partial charge in [-0.2, -0.15) is 0 Å². The fourth-order valence-corrected chi connectivity index (χ4v) is 3.33. The molecule has 0 saturated carbocycles. The molecule has 2 aromatic carbocycles. The molecule has 1 aliphatic rings. The van der Waals surface area contributed by atoms with Gasteiger partial charge in [0.1, 0.15) is 5.82 Å². The highest BCUT2D eigenvalue weighted by atomic mass is 79.9. The van der Waals surface area contributed by atoms with Crippen LogP contribution in [0.5, 0.6) is 0 Å². The van der Waals surface area contributed by atoms with Crippen LogP contribution in [-0.4, -0.2) is 0 Å². The second-order valence-electron chi connectivity index (χ2n) is 4.52. The molecule has 1 heterocycles. The molecule has 19 heavy (non-hydrogen) atoms. The van der Waals surface area contributed by atoms with Crippen molar-refractivity contribution in [3.05, 3.63) is 68.9 Å². The van der Waals surface area contributed by atoms with E-state index in [0.717, 1.165) is 11.1 Å². The second kappa shape index (κ2) is 5.23. The van der Waals surface area contributed by atoms with Crippen LogP contribution in [-0.2, 0) is 18.0 Å². The van der Waals surface area contributed by atoms with Gasteiger partial charge >= 0.3 is 0 Å². The average molecular weight is 342 g/mol. The van der Waals surface area contributed by atoms with Gasteiger partial charge in [-0.25, -0.2) is 4.39 Å². The van der Waals surface area contributed by atoms with Crippen LogP contribution < -0.4 is 0 Å². The number of fused-ring (bicyclic) bond motifs is 1. The van der Waals surface area contributed by atoms with E-state index < -0.39 is 5.38 Å². The second-order valence-corrected chi connectivity index (χ2v) is 5.81. The van der Waals surface area contributed by atoms with Crippen molar-refractivity contribution in [2.75, 3.05) is 0 Å². The van der Waals surface area contributed by atoms with Gasteiger partial charge in [0.25, 0.3) is 0 Å². The number of ether oxygens (including phenoxy) is 1. The van der Waals surface area contributed by atoms with Crippen molar-refractivity contribution in [1.82, 2.24) is 0 Å². The Hall–Kier alpha value is -0.900. The minimum absolute atomic E-state index is 0.300. The Morgan fingerprint density at radius 3 is 2.74 bits per heavy atom. The lowest BCUT2D eigenvalue weighted by Crippen LogP contribution is -1.99. The molecular formula is C15H11BrClFO. The summed E-state index contributed by atoms with van der Waals surface area (Å²) in [6.45, 7) is 1.25. The molecule has 98 valence electrons. The van der Waals surface area contributed by atoms with E-state index >= 15 is 0 Å². The third-order valence-corrected chi connectivity index (χ3v) is 4.45. The van der Waals surface area contributed by atoms with Crippen molar-refractivity contribution < 1.29 is 9.13 Å². The molecule has 1 unspecified atom stereocenters. The number of hydrogen-bond acceptors (Lipinski definition) is 1. The lowest BCUT2D eigenvalue weighted by molar-refractivity contribution is 0.134. The molecule has 0 aliphatic carbocycles. The maximum absolute atomic E-state index is 13.9. The molecule has 0 spiro atoms. The van der Waals surface area contributed by atoms with Crippen LogP contribution >= 0.6 is 27.5 Å². The van der Waals surface area contributed by atoms with Gasteiger partial charge in [0.15, 0.2) is 0 Å². The van der Waals surface area contributed by atoms with Crippen molar-refractivity contribution in [3.63, 3.8) is 0 Å². The molecule has 0 N–H and O–H groups in total. The summed E-state index contributed by atoms with van der Waals surface area (Å²) in [5.41, 5.74) is 3.68. The average Bonchev–Trinajstić information content (AvgIpc) is 2.85. The standard InChI is InChI=1S/C15H11BrClFO/c16-12-2-1-3-13(18)14(12)15(17)9-4-5-10-7-19-8-11(10)6-9/h1-6,15H,7-8H2. The quantitative estimate of drug-likeness (QED) is 0.703. The maximum Gasteiger partial charge on any atom is 0.129 e. The van der Waals surface area contributed by atoms with E-state index in [1.54, 1.807) is 12.1 Å². The van der Waals surface area contributed by atoms with Crippen LogP contribution in [0.4, 0.5) is 4.39 Å². The third-order valence-electron chi connectivity index (χ3n) is 3.29. The van der Waals surface area contributed by atoms with Crippen LogP contribution in [0.15, 0.2) is 40.9 Å². The lowest BCUT2D eigenvalue weighted by Gasteiger charge is -2.14. The van der Waals surface area contributed by atoms with Crippen molar-refractivity contribution >= 4 is 27.5 Å². The molecule has 0 bridgehead atoms. The van der Waals surface area contributed by atoms with Crippen LogP contribution in [0.2, 0.25) is 0 Å². The van der Waals surface area contributed by atoms with Crippen molar-refractivity contribution in [2.45, 2.75) is 18.6 Å². The summed E-state index contributed by atoms with van der Waals surface area (Å²) in [5.74, 6) is -0.300. The summed E-state index contributed by atoms with van der Waals surface area (Å²) in [6, 6.07) is 10.8. The Balaban J connectivity index is 2.02. The molecule has 0 amide bonds. The monoisotopic (exact) mass is 340 g/mol. The summed E-state index contributed by atoms with van der Waals surface area (Å²) < 4.78 is 20.0. The van der Waals surface area contributed by atoms with E-state index in [1.165, 1.54) is 11.6 Å². The van der Waals surface area contributed by atoms with Gasteiger partial charge in [-0.05, 0) is 28.8 Å². The third kappa shape index (κ3) is 2.42. The number of benzene rings is 2. The highest BCUT2D eigenvalue weighted by Crippen LogP contribution is 2.37. The van der Waals surface area contributed by atoms with Crippen molar-refractivity contribution in [1.29, 1.82) is 0 Å². The largest absolute Gasteiger partial charge is 0.372 e. The molecular weight excluding hydrogens is 331 g/mol. The van der Waals surface area contributed by atoms with Gasteiger partial charge in [-0.3, -0.25) is 0 Å². The Morgan fingerprint density at radius 1 is 1.16 bits per heavy atom. The zero-order valence-electron chi connectivity index (χ0n) is 10.00. The lowest BCUT2D eigenvalue weighted by atomic mass is 10.00. The Labute approximate surface area is 124 Å². The molecule has 2 aromatic rings. The van der Waals surface area contributed by atoms with Crippen LogP contribution in [0, 0.1) is 5.82 Å².